The Labute approximate surface area is 142 Å². The molecule has 1 amide bonds. The van der Waals surface area contributed by atoms with Gasteiger partial charge in [-0.1, -0.05) is 31.4 Å². The highest BCUT2D eigenvalue weighted by Crippen LogP contribution is 2.47. The normalized spacial score (nSPS) is 30.3. The zero-order valence-electron chi connectivity index (χ0n) is 14.1. The third-order valence-electron chi connectivity index (χ3n) is 6.52. The lowest BCUT2D eigenvalue weighted by atomic mass is 9.82. The molecule has 1 aromatic heterocycles. The minimum absolute atomic E-state index is 0.151. The lowest BCUT2D eigenvalue weighted by molar-refractivity contribution is -0.142. The van der Waals surface area contributed by atoms with Crippen LogP contribution < -0.4 is 0 Å². The summed E-state index contributed by atoms with van der Waals surface area (Å²) in [6.45, 7) is 0. The lowest BCUT2D eigenvalue weighted by Crippen LogP contribution is -2.45. The SMILES string of the molecule is O=C(C1CCC1)N1[C@H](c2nc3ccccc3[nH]2)C[C@H]2CCCC[C@@H]21. The zero-order valence-corrected chi connectivity index (χ0v) is 14.1. The van der Waals surface area contributed by atoms with E-state index in [1.165, 1.54) is 32.1 Å². The van der Waals surface area contributed by atoms with Crippen LogP contribution in [-0.2, 0) is 4.79 Å². The van der Waals surface area contributed by atoms with Crippen LogP contribution in [0.3, 0.4) is 0 Å². The van der Waals surface area contributed by atoms with Gasteiger partial charge < -0.3 is 9.88 Å². The van der Waals surface area contributed by atoms with E-state index in [0.29, 0.717) is 17.9 Å². The van der Waals surface area contributed by atoms with E-state index in [0.717, 1.165) is 36.1 Å². The number of carbonyl (C=O) groups is 1. The maximum atomic E-state index is 13.2. The van der Waals surface area contributed by atoms with Crippen LogP contribution in [0.15, 0.2) is 24.3 Å². The fraction of sp³-hybridized carbons (Fsp3) is 0.600. The number of para-hydroxylation sites is 2. The Hall–Kier alpha value is -1.84. The van der Waals surface area contributed by atoms with Crippen LogP contribution in [0.4, 0.5) is 0 Å². The molecule has 2 aliphatic carbocycles. The number of amides is 1. The molecule has 1 N–H and O–H groups in total. The van der Waals surface area contributed by atoms with Crippen molar-refractivity contribution in [2.75, 3.05) is 0 Å². The van der Waals surface area contributed by atoms with Crippen molar-refractivity contribution in [2.24, 2.45) is 11.8 Å². The molecule has 4 heteroatoms. The molecule has 2 aromatic rings. The minimum Gasteiger partial charge on any atom is -0.340 e. The predicted molar refractivity (Wildman–Crippen MR) is 93.4 cm³/mol. The molecule has 0 radical (unpaired) electrons. The number of hydrogen-bond donors (Lipinski definition) is 1. The van der Waals surface area contributed by atoms with Crippen molar-refractivity contribution in [3.63, 3.8) is 0 Å². The quantitative estimate of drug-likeness (QED) is 0.900. The standard InChI is InChI=1S/C20H25N3O/c24-20(13-7-5-8-13)23-17-11-4-1-6-14(17)12-18(23)19-21-15-9-2-3-10-16(15)22-19/h2-3,9-10,13-14,17-18H,1,4-8,11-12H2,(H,21,22)/t14-,17+,18+/m1/s1. The molecule has 2 heterocycles. The number of aromatic nitrogens is 2. The number of H-pyrrole nitrogens is 1. The molecule has 3 aliphatic rings. The van der Waals surface area contributed by atoms with E-state index < -0.39 is 0 Å². The van der Waals surface area contributed by atoms with Crippen molar-refractivity contribution in [1.29, 1.82) is 0 Å². The van der Waals surface area contributed by atoms with E-state index in [1.54, 1.807) is 0 Å². The Balaban J connectivity index is 1.52. The summed E-state index contributed by atoms with van der Waals surface area (Å²) in [5, 5.41) is 0. The molecule has 1 saturated heterocycles. The van der Waals surface area contributed by atoms with Crippen LogP contribution >= 0.6 is 0 Å². The van der Waals surface area contributed by atoms with Gasteiger partial charge in [0.15, 0.2) is 0 Å². The van der Waals surface area contributed by atoms with Gasteiger partial charge in [0.25, 0.3) is 0 Å². The van der Waals surface area contributed by atoms with Gasteiger partial charge in [0.05, 0.1) is 17.1 Å². The summed E-state index contributed by atoms with van der Waals surface area (Å²) in [7, 11) is 0. The predicted octanol–water partition coefficient (Wildman–Crippen LogP) is 4.20. The minimum atomic E-state index is 0.151. The lowest BCUT2D eigenvalue weighted by Gasteiger charge is -2.38. The van der Waals surface area contributed by atoms with Gasteiger partial charge in [0.1, 0.15) is 5.82 Å². The monoisotopic (exact) mass is 323 g/mol. The van der Waals surface area contributed by atoms with Crippen molar-refractivity contribution in [3.8, 4) is 0 Å². The van der Waals surface area contributed by atoms with Crippen LogP contribution in [0.25, 0.3) is 11.0 Å². The molecular formula is C20H25N3O. The summed E-state index contributed by atoms with van der Waals surface area (Å²) in [6.07, 6.45) is 9.51. The number of nitrogens with one attached hydrogen (secondary N) is 1. The molecule has 4 nitrogen and oxygen atoms in total. The average Bonchev–Trinajstić information content (AvgIpc) is 3.14. The first kappa shape index (κ1) is 14.5. The molecule has 5 rings (SSSR count). The van der Waals surface area contributed by atoms with Gasteiger partial charge in [-0.25, -0.2) is 4.98 Å². The van der Waals surface area contributed by atoms with Gasteiger partial charge in [-0.2, -0.15) is 0 Å². The topological polar surface area (TPSA) is 49.0 Å². The summed E-state index contributed by atoms with van der Waals surface area (Å²) in [5.74, 6) is 2.35. The molecule has 3 atom stereocenters. The maximum Gasteiger partial charge on any atom is 0.226 e. The largest absolute Gasteiger partial charge is 0.340 e. The van der Waals surface area contributed by atoms with Gasteiger partial charge in [0, 0.05) is 12.0 Å². The van der Waals surface area contributed by atoms with E-state index in [2.05, 4.69) is 22.0 Å². The first-order chi connectivity index (χ1) is 11.8. The highest BCUT2D eigenvalue weighted by atomic mass is 16.2. The second kappa shape index (κ2) is 5.61. The summed E-state index contributed by atoms with van der Waals surface area (Å²) < 4.78 is 0. The van der Waals surface area contributed by atoms with Gasteiger partial charge >= 0.3 is 0 Å². The van der Waals surface area contributed by atoms with Crippen LogP contribution in [-0.4, -0.2) is 26.8 Å². The van der Waals surface area contributed by atoms with Crippen LogP contribution in [0.5, 0.6) is 0 Å². The number of carbonyl (C=O) groups excluding carboxylic acids is 1. The van der Waals surface area contributed by atoms with Crippen molar-refractivity contribution >= 4 is 16.9 Å². The number of likely N-dealkylation sites (tertiary alicyclic amines) is 1. The Morgan fingerprint density at radius 1 is 1.08 bits per heavy atom. The Morgan fingerprint density at radius 2 is 1.92 bits per heavy atom. The fourth-order valence-corrected chi connectivity index (χ4v) is 5.02. The fourth-order valence-electron chi connectivity index (χ4n) is 5.02. The van der Waals surface area contributed by atoms with E-state index in [9.17, 15) is 4.79 Å². The molecule has 2 saturated carbocycles. The molecule has 126 valence electrons. The van der Waals surface area contributed by atoms with Crippen LogP contribution in [0.2, 0.25) is 0 Å². The smallest absolute Gasteiger partial charge is 0.226 e. The highest BCUT2D eigenvalue weighted by molar-refractivity contribution is 5.81. The van der Waals surface area contributed by atoms with Gasteiger partial charge in [-0.3, -0.25) is 4.79 Å². The molecule has 1 aliphatic heterocycles. The van der Waals surface area contributed by atoms with Gasteiger partial charge in [-0.15, -0.1) is 0 Å². The summed E-state index contributed by atoms with van der Waals surface area (Å²) in [6, 6.07) is 8.79. The third kappa shape index (κ3) is 2.19. The molecule has 0 unspecified atom stereocenters. The van der Waals surface area contributed by atoms with Crippen molar-refractivity contribution in [1.82, 2.24) is 14.9 Å². The van der Waals surface area contributed by atoms with Crippen LogP contribution in [0.1, 0.15) is 63.2 Å². The second-order valence-corrected chi connectivity index (χ2v) is 7.88. The van der Waals surface area contributed by atoms with Crippen molar-refractivity contribution in [3.05, 3.63) is 30.1 Å². The Morgan fingerprint density at radius 3 is 2.71 bits per heavy atom. The zero-order chi connectivity index (χ0) is 16.1. The summed E-state index contributed by atoms with van der Waals surface area (Å²) in [5.41, 5.74) is 2.09. The number of nitrogens with zero attached hydrogens (tertiary/aromatic N) is 2. The molecule has 24 heavy (non-hydrogen) atoms. The van der Waals surface area contributed by atoms with Crippen LogP contribution in [0, 0.1) is 11.8 Å². The van der Waals surface area contributed by atoms with E-state index >= 15 is 0 Å². The van der Waals surface area contributed by atoms with E-state index in [4.69, 9.17) is 4.98 Å². The molecule has 1 aromatic carbocycles. The number of hydrogen-bond acceptors (Lipinski definition) is 2. The summed E-state index contributed by atoms with van der Waals surface area (Å²) in [4.78, 5) is 23.8. The van der Waals surface area contributed by atoms with Crippen molar-refractivity contribution < 1.29 is 4.79 Å². The maximum absolute atomic E-state index is 13.2. The number of aromatic amines is 1. The van der Waals surface area contributed by atoms with Crippen molar-refractivity contribution in [2.45, 2.75) is 63.5 Å². The molecule has 0 bridgehead atoms. The number of fused-ring (bicyclic) bond motifs is 2. The average molecular weight is 323 g/mol. The van der Waals surface area contributed by atoms with E-state index in [1.807, 2.05) is 12.1 Å². The van der Waals surface area contributed by atoms with E-state index in [-0.39, 0.29) is 12.0 Å². The second-order valence-electron chi connectivity index (χ2n) is 7.88. The molecular weight excluding hydrogens is 298 g/mol. The van der Waals surface area contributed by atoms with Gasteiger partial charge in [0.2, 0.25) is 5.91 Å². The number of imidazole rings is 1. The molecule has 3 fully saturated rings. The number of benzene rings is 1. The first-order valence-electron chi connectivity index (χ1n) is 9.58. The highest BCUT2D eigenvalue weighted by Gasteiger charge is 2.48. The Kier molecular flexibility index (Phi) is 3.39. The third-order valence-corrected chi connectivity index (χ3v) is 6.52. The van der Waals surface area contributed by atoms with Gasteiger partial charge in [-0.05, 0) is 50.2 Å². The first-order valence-corrected chi connectivity index (χ1v) is 9.58. The summed E-state index contributed by atoms with van der Waals surface area (Å²) >= 11 is 0. The molecule has 0 spiro atoms. The number of rotatable bonds is 2. The Bertz CT molecular complexity index is 730.